The maximum atomic E-state index is 13.5. The summed E-state index contributed by atoms with van der Waals surface area (Å²) < 4.78 is 32.1. The molecule has 1 atom stereocenters. The Balaban J connectivity index is 2.66. The van der Waals surface area contributed by atoms with Gasteiger partial charge in [-0.2, -0.15) is 4.39 Å². The first-order valence-electron chi connectivity index (χ1n) is 6.04. The van der Waals surface area contributed by atoms with Crippen LogP contribution in [0.5, 0.6) is 5.75 Å². The van der Waals surface area contributed by atoms with Crippen molar-refractivity contribution < 1.29 is 18.3 Å². The Morgan fingerprint density at radius 1 is 1.47 bits per heavy atom. The fraction of sp³-hybridized carbons (Fsp3) is 0.462. The van der Waals surface area contributed by atoms with Gasteiger partial charge in [-0.3, -0.25) is 4.79 Å². The summed E-state index contributed by atoms with van der Waals surface area (Å²) in [7, 11) is 0. The van der Waals surface area contributed by atoms with Gasteiger partial charge in [-0.15, -0.1) is 0 Å². The van der Waals surface area contributed by atoms with Crippen molar-refractivity contribution >= 4 is 21.8 Å². The molecule has 0 saturated carbocycles. The van der Waals surface area contributed by atoms with Crippen LogP contribution in [0.15, 0.2) is 16.6 Å². The Morgan fingerprint density at radius 2 is 2.16 bits per heavy atom. The van der Waals surface area contributed by atoms with Crippen LogP contribution in [0.25, 0.3) is 0 Å². The van der Waals surface area contributed by atoms with Crippen LogP contribution in [0.3, 0.4) is 0 Å². The summed E-state index contributed by atoms with van der Waals surface area (Å²) in [5.74, 6) is -2.77. The van der Waals surface area contributed by atoms with Crippen molar-refractivity contribution in [1.82, 2.24) is 5.32 Å². The van der Waals surface area contributed by atoms with Gasteiger partial charge in [0.2, 0.25) is 5.82 Å². The van der Waals surface area contributed by atoms with Gasteiger partial charge < -0.3 is 10.1 Å². The molecule has 1 amide bonds. The van der Waals surface area contributed by atoms with Crippen LogP contribution in [-0.4, -0.2) is 18.6 Å². The van der Waals surface area contributed by atoms with E-state index in [1.165, 1.54) is 13.0 Å². The Bertz CT molecular complexity index is 455. The molecule has 1 rings (SSSR count). The molecular formula is C13H16BrF2NO2. The SMILES string of the molecule is CCCCNC(=O)C(C)Oc1cc(Br)cc(F)c1F. The lowest BCUT2D eigenvalue weighted by molar-refractivity contribution is -0.127. The Morgan fingerprint density at radius 3 is 2.79 bits per heavy atom. The second kappa shape index (κ2) is 7.43. The molecule has 1 unspecified atom stereocenters. The summed E-state index contributed by atoms with van der Waals surface area (Å²) in [4.78, 5) is 11.6. The number of benzene rings is 1. The minimum atomic E-state index is -1.10. The predicted octanol–water partition coefficient (Wildman–Crippen LogP) is 3.41. The highest BCUT2D eigenvalue weighted by atomic mass is 79.9. The maximum Gasteiger partial charge on any atom is 0.260 e. The number of nitrogens with one attached hydrogen (secondary N) is 1. The van der Waals surface area contributed by atoms with Gasteiger partial charge in [0.1, 0.15) is 0 Å². The Labute approximate surface area is 119 Å². The monoisotopic (exact) mass is 335 g/mol. The van der Waals surface area contributed by atoms with Gasteiger partial charge in [0.25, 0.3) is 5.91 Å². The van der Waals surface area contributed by atoms with Crippen LogP contribution in [-0.2, 0) is 4.79 Å². The molecule has 106 valence electrons. The van der Waals surface area contributed by atoms with E-state index in [9.17, 15) is 13.6 Å². The number of carbonyl (C=O) groups excluding carboxylic acids is 1. The van der Waals surface area contributed by atoms with Crippen molar-refractivity contribution in [2.24, 2.45) is 0 Å². The largest absolute Gasteiger partial charge is 0.478 e. The summed E-state index contributed by atoms with van der Waals surface area (Å²) in [6.07, 6.45) is 0.930. The summed E-state index contributed by atoms with van der Waals surface area (Å²) in [5.41, 5.74) is 0. The molecule has 6 heteroatoms. The molecule has 0 aliphatic carbocycles. The maximum absolute atomic E-state index is 13.5. The van der Waals surface area contributed by atoms with Crippen molar-refractivity contribution in [3.05, 3.63) is 28.2 Å². The highest BCUT2D eigenvalue weighted by Crippen LogP contribution is 2.26. The van der Waals surface area contributed by atoms with Gasteiger partial charge in [0, 0.05) is 11.0 Å². The lowest BCUT2D eigenvalue weighted by atomic mass is 10.3. The van der Waals surface area contributed by atoms with Crippen LogP contribution in [0.2, 0.25) is 0 Å². The normalized spacial score (nSPS) is 12.1. The summed E-state index contributed by atoms with van der Waals surface area (Å²) in [6, 6.07) is 2.28. The molecule has 0 fully saturated rings. The van der Waals surface area contributed by atoms with E-state index in [-0.39, 0.29) is 11.7 Å². The Hall–Kier alpha value is -1.17. The van der Waals surface area contributed by atoms with E-state index < -0.39 is 17.7 Å². The van der Waals surface area contributed by atoms with E-state index in [2.05, 4.69) is 21.2 Å². The zero-order valence-electron chi connectivity index (χ0n) is 10.8. The quantitative estimate of drug-likeness (QED) is 0.639. The third kappa shape index (κ3) is 4.78. The third-order valence-corrected chi connectivity index (χ3v) is 2.92. The van der Waals surface area contributed by atoms with Gasteiger partial charge in [-0.25, -0.2) is 4.39 Å². The van der Waals surface area contributed by atoms with Crippen LogP contribution in [0.4, 0.5) is 8.78 Å². The van der Waals surface area contributed by atoms with Crippen molar-refractivity contribution in [1.29, 1.82) is 0 Å². The first kappa shape index (κ1) is 15.9. The molecule has 0 heterocycles. The number of amides is 1. The third-order valence-electron chi connectivity index (χ3n) is 2.46. The molecule has 1 aromatic rings. The van der Waals surface area contributed by atoms with Gasteiger partial charge in [-0.1, -0.05) is 29.3 Å². The smallest absolute Gasteiger partial charge is 0.260 e. The molecule has 0 aromatic heterocycles. The van der Waals surface area contributed by atoms with Crippen molar-refractivity contribution in [3.8, 4) is 5.75 Å². The second-order valence-electron chi connectivity index (χ2n) is 4.10. The first-order valence-corrected chi connectivity index (χ1v) is 6.84. The lowest BCUT2D eigenvalue weighted by Gasteiger charge is -2.15. The number of halogens is 3. The number of unbranched alkanes of at least 4 members (excludes halogenated alkanes) is 1. The average Bonchev–Trinajstić information content (AvgIpc) is 2.35. The molecule has 3 nitrogen and oxygen atoms in total. The van der Waals surface area contributed by atoms with Gasteiger partial charge in [0.05, 0.1) is 0 Å². The zero-order chi connectivity index (χ0) is 14.4. The summed E-state index contributed by atoms with van der Waals surface area (Å²) >= 11 is 3.04. The first-order chi connectivity index (χ1) is 8.95. The standard InChI is InChI=1S/C13H16BrF2NO2/c1-3-4-5-17-13(18)8(2)19-11-7-9(14)6-10(15)12(11)16/h6-8H,3-5H2,1-2H3,(H,17,18). The number of carbonyl (C=O) groups is 1. The zero-order valence-corrected chi connectivity index (χ0v) is 12.4. The highest BCUT2D eigenvalue weighted by molar-refractivity contribution is 9.10. The van der Waals surface area contributed by atoms with Crippen LogP contribution < -0.4 is 10.1 Å². The van der Waals surface area contributed by atoms with Gasteiger partial charge in [-0.05, 0) is 25.5 Å². The van der Waals surface area contributed by atoms with Crippen molar-refractivity contribution in [2.75, 3.05) is 6.54 Å². The highest BCUT2D eigenvalue weighted by Gasteiger charge is 2.18. The molecule has 1 aromatic carbocycles. The van der Waals surface area contributed by atoms with Crippen LogP contribution in [0.1, 0.15) is 26.7 Å². The van der Waals surface area contributed by atoms with E-state index in [0.717, 1.165) is 18.9 Å². The summed E-state index contributed by atoms with van der Waals surface area (Å²) in [6.45, 7) is 4.03. The Kier molecular flexibility index (Phi) is 6.21. The van der Waals surface area contributed by atoms with E-state index in [4.69, 9.17) is 4.74 Å². The number of ether oxygens (including phenoxy) is 1. The van der Waals surface area contributed by atoms with Crippen LogP contribution in [0, 0.1) is 11.6 Å². The van der Waals surface area contributed by atoms with Gasteiger partial charge >= 0.3 is 0 Å². The predicted molar refractivity (Wildman–Crippen MR) is 72.1 cm³/mol. The van der Waals surface area contributed by atoms with Crippen molar-refractivity contribution in [3.63, 3.8) is 0 Å². The fourth-order valence-corrected chi connectivity index (χ4v) is 1.80. The molecule has 1 N–H and O–H groups in total. The second-order valence-corrected chi connectivity index (χ2v) is 5.02. The minimum Gasteiger partial charge on any atom is -0.478 e. The topological polar surface area (TPSA) is 38.3 Å². The average molecular weight is 336 g/mol. The van der Waals surface area contributed by atoms with E-state index in [0.29, 0.717) is 11.0 Å². The van der Waals surface area contributed by atoms with E-state index >= 15 is 0 Å². The van der Waals surface area contributed by atoms with Crippen molar-refractivity contribution in [2.45, 2.75) is 32.8 Å². The molecule has 0 aliphatic heterocycles. The molecule has 0 aliphatic rings. The number of hydrogen-bond donors (Lipinski definition) is 1. The number of hydrogen-bond acceptors (Lipinski definition) is 2. The minimum absolute atomic E-state index is 0.287. The van der Waals surface area contributed by atoms with Crippen LogP contribution >= 0.6 is 15.9 Å². The summed E-state index contributed by atoms with van der Waals surface area (Å²) in [5, 5.41) is 2.66. The van der Waals surface area contributed by atoms with E-state index in [1.54, 1.807) is 0 Å². The molecular weight excluding hydrogens is 320 g/mol. The fourth-order valence-electron chi connectivity index (χ4n) is 1.39. The molecule has 0 spiro atoms. The van der Waals surface area contributed by atoms with E-state index in [1.807, 2.05) is 6.92 Å². The lowest BCUT2D eigenvalue weighted by Crippen LogP contribution is -2.37. The molecule has 0 saturated heterocycles. The molecule has 19 heavy (non-hydrogen) atoms. The number of rotatable bonds is 6. The molecule has 0 radical (unpaired) electrons. The van der Waals surface area contributed by atoms with Gasteiger partial charge in [0.15, 0.2) is 17.7 Å². The molecule has 0 bridgehead atoms.